The average Bonchev–Trinajstić information content (AvgIpc) is 3.05. The number of thioether (sulfide) groups is 1. The molecule has 0 unspecified atom stereocenters. The van der Waals surface area contributed by atoms with Crippen LogP contribution in [0.2, 0.25) is 0 Å². The van der Waals surface area contributed by atoms with Gasteiger partial charge in [0, 0.05) is 10.2 Å². The van der Waals surface area contributed by atoms with Gasteiger partial charge in [-0.15, -0.1) is 0 Å². The van der Waals surface area contributed by atoms with Gasteiger partial charge in [-0.3, -0.25) is 4.99 Å². The molecular formula is C19H18BrFN2O2S2. The van der Waals surface area contributed by atoms with Crippen LogP contribution in [0.3, 0.4) is 0 Å². The lowest BCUT2D eigenvalue weighted by atomic mass is 10.1. The van der Waals surface area contributed by atoms with Gasteiger partial charge in [-0.05, 0) is 30.7 Å². The van der Waals surface area contributed by atoms with Crippen LogP contribution >= 0.6 is 27.7 Å². The van der Waals surface area contributed by atoms with Gasteiger partial charge in [0.25, 0.3) is 0 Å². The molecule has 142 valence electrons. The van der Waals surface area contributed by atoms with Crippen molar-refractivity contribution in [1.29, 1.82) is 0 Å². The molecule has 0 N–H and O–H groups in total. The molecule has 4 nitrogen and oxygen atoms in total. The van der Waals surface area contributed by atoms with Gasteiger partial charge in [0.2, 0.25) is 0 Å². The second-order valence-electron chi connectivity index (χ2n) is 6.87. The molecule has 8 heteroatoms. The summed E-state index contributed by atoms with van der Waals surface area (Å²) in [4.78, 5) is 6.43. The van der Waals surface area contributed by atoms with Crippen LogP contribution < -0.4 is 4.90 Å². The van der Waals surface area contributed by atoms with Crippen LogP contribution in [-0.4, -0.2) is 37.2 Å². The van der Waals surface area contributed by atoms with Gasteiger partial charge in [-0.25, -0.2) is 12.8 Å². The quantitative estimate of drug-likeness (QED) is 0.677. The summed E-state index contributed by atoms with van der Waals surface area (Å²) in [5.74, 6) is 0.339. The van der Waals surface area contributed by atoms with E-state index in [1.54, 1.807) is 17.0 Å². The highest BCUT2D eigenvalue weighted by Crippen LogP contribution is 2.37. The van der Waals surface area contributed by atoms with Gasteiger partial charge in [0.15, 0.2) is 15.0 Å². The third kappa shape index (κ3) is 3.93. The lowest BCUT2D eigenvalue weighted by molar-refractivity contribution is 0.600. The summed E-state index contributed by atoms with van der Waals surface area (Å²) >= 11 is 4.79. The number of rotatable bonds is 3. The largest absolute Gasteiger partial charge is 0.312 e. The summed E-state index contributed by atoms with van der Waals surface area (Å²) in [5, 5.41) is 0.683. The number of fused-ring (bicyclic) bond motifs is 1. The zero-order valence-electron chi connectivity index (χ0n) is 14.6. The van der Waals surface area contributed by atoms with E-state index in [0.717, 1.165) is 5.56 Å². The predicted molar refractivity (Wildman–Crippen MR) is 113 cm³/mol. The Morgan fingerprint density at radius 1 is 1.26 bits per heavy atom. The Hall–Kier alpha value is -1.38. The fourth-order valence-corrected chi connectivity index (χ4v) is 6.78. The molecule has 0 amide bonds. The first kappa shape index (κ1) is 19.0. The summed E-state index contributed by atoms with van der Waals surface area (Å²) < 4.78 is 39.5. The van der Waals surface area contributed by atoms with E-state index in [-0.39, 0.29) is 23.6 Å². The molecule has 0 spiro atoms. The minimum absolute atomic E-state index is 0.00513. The van der Waals surface area contributed by atoms with Crippen LogP contribution in [-0.2, 0) is 15.6 Å². The molecule has 2 heterocycles. The van der Waals surface area contributed by atoms with Crippen LogP contribution in [0, 0.1) is 12.7 Å². The van der Waals surface area contributed by atoms with Gasteiger partial charge in [0.05, 0.1) is 29.3 Å². The van der Waals surface area contributed by atoms with E-state index < -0.39 is 15.7 Å². The van der Waals surface area contributed by atoms with Gasteiger partial charge in [-0.1, -0.05) is 57.5 Å². The highest BCUT2D eigenvalue weighted by Gasteiger charge is 2.47. The smallest absolute Gasteiger partial charge is 0.164 e. The van der Waals surface area contributed by atoms with Crippen LogP contribution in [0.4, 0.5) is 10.1 Å². The molecule has 2 aliphatic heterocycles. The molecule has 1 saturated heterocycles. The summed E-state index contributed by atoms with van der Waals surface area (Å²) in [5.41, 5.74) is 2.71. The van der Waals surface area contributed by atoms with Crippen molar-refractivity contribution in [2.24, 2.45) is 4.99 Å². The van der Waals surface area contributed by atoms with Crippen LogP contribution in [0.1, 0.15) is 11.1 Å². The molecule has 27 heavy (non-hydrogen) atoms. The monoisotopic (exact) mass is 468 g/mol. The molecule has 0 radical (unpaired) electrons. The number of anilines is 1. The Kier molecular flexibility index (Phi) is 5.07. The minimum Gasteiger partial charge on any atom is -0.312 e. The lowest BCUT2D eigenvalue weighted by Gasteiger charge is -2.27. The van der Waals surface area contributed by atoms with E-state index >= 15 is 0 Å². The number of halogens is 2. The molecular weight excluding hydrogens is 451 g/mol. The summed E-state index contributed by atoms with van der Waals surface area (Å²) in [6, 6.07) is 12.4. The maximum atomic E-state index is 14.7. The van der Waals surface area contributed by atoms with Crippen molar-refractivity contribution in [1.82, 2.24) is 0 Å². The summed E-state index contributed by atoms with van der Waals surface area (Å²) in [6.45, 7) is 2.04. The van der Waals surface area contributed by atoms with Gasteiger partial charge >= 0.3 is 0 Å². The number of nitrogens with zero attached hydrogens (tertiary/aromatic N) is 2. The zero-order chi connectivity index (χ0) is 19.2. The minimum atomic E-state index is -3.15. The molecule has 4 rings (SSSR count). The van der Waals surface area contributed by atoms with Gasteiger partial charge < -0.3 is 4.90 Å². The van der Waals surface area contributed by atoms with E-state index in [1.165, 1.54) is 23.4 Å². The second kappa shape index (κ2) is 7.22. The van der Waals surface area contributed by atoms with Crippen molar-refractivity contribution >= 4 is 48.4 Å². The van der Waals surface area contributed by atoms with Crippen molar-refractivity contribution in [3.05, 3.63) is 63.9 Å². The summed E-state index contributed by atoms with van der Waals surface area (Å²) in [6.07, 6.45) is 0. The molecule has 2 aromatic carbocycles. The third-order valence-electron chi connectivity index (χ3n) is 4.73. The fraction of sp³-hybridized carbons (Fsp3) is 0.316. The van der Waals surface area contributed by atoms with Gasteiger partial charge in [-0.2, -0.15) is 0 Å². The summed E-state index contributed by atoms with van der Waals surface area (Å²) in [7, 11) is -3.15. The van der Waals surface area contributed by atoms with E-state index in [0.29, 0.717) is 21.1 Å². The number of aryl methyl sites for hydroxylation is 1. The number of hydrogen-bond donors (Lipinski definition) is 0. The molecule has 0 saturated carbocycles. The topological polar surface area (TPSA) is 49.7 Å². The Morgan fingerprint density at radius 3 is 2.81 bits per heavy atom. The number of hydrogen-bond acceptors (Lipinski definition) is 5. The van der Waals surface area contributed by atoms with Crippen molar-refractivity contribution in [2.45, 2.75) is 24.8 Å². The van der Waals surface area contributed by atoms with Crippen molar-refractivity contribution in [3.8, 4) is 0 Å². The van der Waals surface area contributed by atoms with Crippen LogP contribution in [0.15, 0.2) is 51.9 Å². The molecule has 2 aliphatic rings. The Morgan fingerprint density at radius 2 is 2.07 bits per heavy atom. The lowest BCUT2D eigenvalue weighted by Crippen LogP contribution is -2.39. The first-order valence-electron chi connectivity index (χ1n) is 8.53. The van der Waals surface area contributed by atoms with Crippen LogP contribution in [0.25, 0.3) is 0 Å². The zero-order valence-corrected chi connectivity index (χ0v) is 17.8. The van der Waals surface area contributed by atoms with Crippen molar-refractivity contribution in [3.63, 3.8) is 0 Å². The molecule has 0 bridgehead atoms. The number of amidine groups is 1. The first-order valence-corrected chi connectivity index (χ1v) is 12.1. The Labute approximate surface area is 170 Å². The molecule has 1 fully saturated rings. The van der Waals surface area contributed by atoms with E-state index in [4.69, 9.17) is 0 Å². The second-order valence-corrected chi connectivity index (χ2v) is 10.9. The highest BCUT2D eigenvalue weighted by molar-refractivity contribution is 9.10. The average molecular weight is 469 g/mol. The molecule has 2 atom stereocenters. The fourth-order valence-electron chi connectivity index (χ4n) is 3.54. The van der Waals surface area contributed by atoms with E-state index in [9.17, 15) is 12.8 Å². The molecule has 2 aromatic rings. The maximum absolute atomic E-state index is 14.7. The number of sulfone groups is 1. The Bertz CT molecular complexity index is 1030. The van der Waals surface area contributed by atoms with E-state index in [1.807, 2.05) is 25.1 Å². The first-order chi connectivity index (χ1) is 12.8. The van der Waals surface area contributed by atoms with Crippen molar-refractivity contribution in [2.75, 3.05) is 16.4 Å². The normalized spacial score (nSPS) is 23.4. The molecule has 0 aliphatic carbocycles. The van der Waals surface area contributed by atoms with E-state index in [2.05, 4.69) is 27.0 Å². The number of benzene rings is 2. The number of aliphatic imine (C=N–C) groups is 1. The van der Waals surface area contributed by atoms with Crippen molar-refractivity contribution < 1.29 is 12.8 Å². The third-order valence-corrected chi connectivity index (χ3v) is 7.96. The standard InChI is InChI=1S/C19H18BrFN2O2S2/c1-12-3-2-4-13(7-12)9-26-19-22-16-10-27(24,25)11-18(16)23(19)17-6-5-14(20)8-15(17)21/h2-8,16,18H,9-11H2,1H3/t16-,18-/m0/s1. The highest BCUT2D eigenvalue weighted by atomic mass is 79.9. The predicted octanol–water partition coefficient (Wildman–Crippen LogP) is 4.17. The molecule has 0 aromatic heterocycles. The van der Waals surface area contributed by atoms with Crippen LogP contribution in [0.5, 0.6) is 0 Å². The SMILES string of the molecule is Cc1cccc(CSC2=N[C@H]3CS(=O)(=O)C[C@@H]3N2c2ccc(Br)cc2F)c1. The Balaban J connectivity index is 1.65. The van der Waals surface area contributed by atoms with Gasteiger partial charge in [0.1, 0.15) is 5.82 Å². The maximum Gasteiger partial charge on any atom is 0.164 e.